The zero-order valence-corrected chi connectivity index (χ0v) is 24.1. The lowest BCUT2D eigenvalue weighted by Gasteiger charge is -2.26. The van der Waals surface area contributed by atoms with Crippen LogP contribution in [0.5, 0.6) is 5.75 Å². The standard InChI is InChI=1S/C34H38N6O2/c1-42-27-17-14-25(15-18-27)23-40-32(19-16-24-9-3-2-4-10-24)38-39-33(40)31(37-34(41)30-13-7-8-20-35-30)21-26-22-36-29-12-6-5-11-28(26)29/h2-6,9-12,14-15,17-18,22,30-31,35-36H,7-8,13,16,19-21,23H2,1H3,(H,37,41)/t30?,31-/m1/s1. The molecule has 0 radical (unpaired) electrons. The van der Waals surface area contributed by atoms with Crippen LogP contribution in [0, 0.1) is 0 Å². The first kappa shape index (κ1) is 27.7. The van der Waals surface area contributed by atoms with Gasteiger partial charge >= 0.3 is 0 Å². The number of ether oxygens (including phenoxy) is 1. The van der Waals surface area contributed by atoms with Gasteiger partial charge in [0.05, 0.1) is 25.7 Å². The van der Waals surface area contributed by atoms with Gasteiger partial charge in [-0.3, -0.25) is 4.79 Å². The number of hydrogen-bond donors (Lipinski definition) is 3. The first-order valence-electron chi connectivity index (χ1n) is 14.9. The fourth-order valence-corrected chi connectivity index (χ4v) is 5.85. The van der Waals surface area contributed by atoms with Crippen LogP contribution in [0.25, 0.3) is 10.9 Å². The highest BCUT2D eigenvalue weighted by Crippen LogP contribution is 2.26. The number of aryl methyl sites for hydroxylation is 2. The number of H-pyrrole nitrogens is 1. The smallest absolute Gasteiger partial charge is 0.237 e. The minimum Gasteiger partial charge on any atom is -0.497 e. The summed E-state index contributed by atoms with van der Waals surface area (Å²) in [6, 6.07) is 26.3. The van der Waals surface area contributed by atoms with Crippen molar-refractivity contribution in [1.29, 1.82) is 0 Å². The third-order valence-corrected chi connectivity index (χ3v) is 8.19. The summed E-state index contributed by atoms with van der Waals surface area (Å²) < 4.78 is 7.58. The molecule has 1 aliphatic heterocycles. The monoisotopic (exact) mass is 562 g/mol. The van der Waals surface area contributed by atoms with Crippen molar-refractivity contribution in [3.05, 3.63) is 113 Å². The Morgan fingerprint density at radius 1 is 0.976 bits per heavy atom. The number of aromatic nitrogens is 4. The molecule has 1 aliphatic rings. The second kappa shape index (κ2) is 13.0. The molecule has 5 aromatic rings. The van der Waals surface area contributed by atoms with Crippen molar-refractivity contribution in [1.82, 2.24) is 30.4 Å². The largest absolute Gasteiger partial charge is 0.497 e. The van der Waals surface area contributed by atoms with E-state index in [4.69, 9.17) is 14.9 Å². The number of nitrogens with one attached hydrogen (secondary N) is 3. The van der Waals surface area contributed by atoms with E-state index in [-0.39, 0.29) is 18.0 Å². The van der Waals surface area contributed by atoms with Crippen LogP contribution >= 0.6 is 0 Å². The third-order valence-electron chi connectivity index (χ3n) is 8.19. The van der Waals surface area contributed by atoms with E-state index in [1.165, 1.54) is 5.56 Å². The average Bonchev–Trinajstić information content (AvgIpc) is 3.64. The fourth-order valence-electron chi connectivity index (χ4n) is 5.85. The molecule has 2 atom stereocenters. The van der Waals surface area contributed by atoms with Crippen LogP contribution < -0.4 is 15.4 Å². The lowest BCUT2D eigenvalue weighted by molar-refractivity contribution is -0.124. The van der Waals surface area contributed by atoms with Gasteiger partial charge < -0.3 is 24.9 Å². The number of piperidine rings is 1. The highest BCUT2D eigenvalue weighted by Gasteiger charge is 2.28. The van der Waals surface area contributed by atoms with Crippen molar-refractivity contribution < 1.29 is 9.53 Å². The molecule has 0 aliphatic carbocycles. The van der Waals surface area contributed by atoms with E-state index in [9.17, 15) is 4.79 Å². The average molecular weight is 563 g/mol. The maximum atomic E-state index is 13.6. The number of benzene rings is 3. The van der Waals surface area contributed by atoms with E-state index in [0.29, 0.717) is 13.0 Å². The zero-order valence-electron chi connectivity index (χ0n) is 24.1. The summed E-state index contributed by atoms with van der Waals surface area (Å²) in [6.07, 6.45) is 7.23. The van der Waals surface area contributed by atoms with Gasteiger partial charge in [-0.1, -0.05) is 67.1 Å². The predicted octanol–water partition coefficient (Wildman–Crippen LogP) is 5.14. The Balaban J connectivity index is 1.36. The number of fused-ring (bicyclic) bond motifs is 1. The molecule has 0 bridgehead atoms. The Morgan fingerprint density at radius 3 is 2.57 bits per heavy atom. The lowest BCUT2D eigenvalue weighted by Crippen LogP contribution is -2.48. The molecule has 2 aromatic heterocycles. The number of amides is 1. The van der Waals surface area contributed by atoms with E-state index in [0.717, 1.165) is 78.1 Å². The molecule has 42 heavy (non-hydrogen) atoms. The number of rotatable bonds is 11. The van der Waals surface area contributed by atoms with Crippen LogP contribution in [0.4, 0.5) is 0 Å². The van der Waals surface area contributed by atoms with Crippen LogP contribution in [-0.4, -0.2) is 45.4 Å². The second-order valence-electron chi connectivity index (χ2n) is 11.0. The number of carbonyl (C=O) groups is 1. The molecular formula is C34H38N6O2. The Labute approximate surface area is 246 Å². The van der Waals surface area contributed by atoms with Gasteiger partial charge in [0.25, 0.3) is 0 Å². The summed E-state index contributed by atoms with van der Waals surface area (Å²) in [7, 11) is 1.67. The van der Waals surface area contributed by atoms with E-state index in [2.05, 4.69) is 68.7 Å². The van der Waals surface area contributed by atoms with Gasteiger partial charge in [0.2, 0.25) is 5.91 Å². The molecule has 0 saturated carbocycles. The molecular weight excluding hydrogens is 524 g/mol. The molecule has 8 heteroatoms. The summed E-state index contributed by atoms with van der Waals surface area (Å²) in [5, 5.41) is 17.4. The summed E-state index contributed by atoms with van der Waals surface area (Å²) >= 11 is 0. The summed E-state index contributed by atoms with van der Waals surface area (Å²) in [5.74, 6) is 2.50. The number of para-hydroxylation sites is 1. The van der Waals surface area contributed by atoms with Crippen LogP contribution in [0.3, 0.4) is 0 Å². The van der Waals surface area contributed by atoms with Gasteiger partial charge in [0.15, 0.2) is 5.82 Å². The number of aromatic amines is 1. The van der Waals surface area contributed by atoms with Crippen molar-refractivity contribution in [3.8, 4) is 5.75 Å². The summed E-state index contributed by atoms with van der Waals surface area (Å²) in [4.78, 5) is 17.0. The molecule has 1 amide bonds. The maximum Gasteiger partial charge on any atom is 0.237 e. The Hall–Kier alpha value is -4.43. The number of nitrogens with zero attached hydrogens (tertiary/aromatic N) is 3. The third kappa shape index (κ3) is 6.39. The minimum absolute atomic E-state index is 0.0179. The Morgan fingerprint density at radius 2 is 1.79 bits per heavy atom. The van der Waals surface area contributed by atoms with Crippen LogP contribution in [0.15, 0.2) is 85.1 Å². The quantitative estimate of drug-likeness (QED) is 0.207. The topological polar surface area (TPSA) is 96.9 Å². The molecule has 1 fully saturated rings. The van der Waals surface area contributed by atoms with Gasteiger partial charge in [-0.25, -0.2) is 0 Å². The molecule has 6 rings (SSSR count). The van der Waals surface area contributed by atoms with Crippen molar-refractivity contribution in [3.63, 3.8) is 0 Å². The van der Waals surface area contributed by atoms with E-state index >= 15 is 0 Å². The maximum absolute atomic E-state index is 13.6. The molecule has 1 unspecified atom stereocenters. The Kier molecular flexibility index (Phi) is 8.61. The lowest BCUT2D eigenvalue weighted by atomic mass is 10.0. The van der Waals surface area contributed by atoms with Gasteiger partial charge in [-0.15, -0.1) is 10.2 Å². The highest BCUT2D eigenvalue weighted by molar-refractivity contribution is 5.84. The second-order valence-corrected chi connectivity index (χ2v) is 11.0. The van der Waals surface area contributed by atoms with E-state index in [1.807, 2.05) is 36.5 Å². The molecule has 1 saturated heterocycles. The summed E-state index contributed by atoms with van der Waals surface area (Å²) in [6.45, 7) is 1.46. The molecule has 216 valence electrons. The number of hydrogen-bond acceptors (Lipinski definition) is 5. The predicted molar refractivity (Wildman–Crippen MR) is 164 cm³/mol. The van der Waals surface area contributed by atoms with E-state index in [1.54, 1.807) is 7.11 Å². The summed E-state index contributed by atoms with van der Waals surface area (Å²) in [5.41, 5.74) is 4.58. The molecule has 3 aromatic carbocycles. The van der Waals surface area contributed by atoms with Gasteiger partial charge in [0.1, 0.15) is 11.6 Å². The van der Waals surface area contributed by atoms with Crippen LogP contribution in [-0.2, 0) is 30.6 Å². The number of methoxy groups -OCH3 is 1. The normalized spacial score (nSPS) is 15.9. The molecule has 0 spiro atoms. The van der Waals surface area contributed by atoms with Crippen LogP contribution in [0.1, 0.15) is 53.6 Å². The molecule has 8 nitrogen and oxygen atoms in total. The van der Waals surface area contributed by atoms with E-state index < -0.39 is 0 Å². The van der Waals surface area contributed by atoms with Crippen molar-refractivity contribution in [2.24, 2.45) is 0 Å². The SMILES string of the molecule is COc1ccc(Cn2c(CCc3ccccc3)nnc2[C@@H](Cc2c[nH]c3ccccc23)NC(=O)C2CCCCN2)cc1. The van der Waals surface area contributed by atoms with Gasteiger partial charge in [-0.05, 0) is 60.7 Å². The van der Waals surface area contributed by atoms with Gasteiger partial charge in [0, 0.05) is 29.9 Å². The number of carbonyl (C=O) groups excluding carboxylic acids is 1. The Bertz CT molecular complexity index is 1600. The molecule has 3 N–H and O–H groups in total. The first-order chi connectivity index (χ1) is 20.7. The highest BCUT2D eigenvalue weighted by atomic mass is 16.5. The van der Waals surface area contributed by atoms with Gasteiger partial charge in [-0.2, -0.15) is 0 Å². The van der Waals surface area contributed by atoms with Crippen molar-refractivity contribution in [2.75, 3.05) is 13.7 Å². The first-order valence-corrected chi connectivity index (χ1v) is 14.9. The minimum atomic E-state index is -0.350. The van der Waals surface area contributed by atoms with Crippen molar-refractivity contribution in [2.45, 2.75) is 57.2 Å². The van der Waals surface area contributed by atoms with Crippen LogP contribution in [0.2, 0.25) is 0 Å². The van der Waals surface area contributed by atoms with Crippen molar-refractivity contribution >= 4 is 16.8 Å². The molecule has 3 heterocycles. The fraction of sp³-hybridized carbons (Fsp3) is 0.324. The zero-order chi connectivity index (χ0) is 28.7.